The minimum Gasteiger partial charge on any atom is -0.466 e. The number of ether oxygens (including phenoxy) is 2. The van der Waals surface area contributed by atoms with Crippen LogP contribution < -0.4 is 10.1 Å². The van der Waals surface area contributed by atoms with Crippen molar-refractivity contribution in [2.24, 2.45) is 7.05 Å². The van der Waals surface area contributed by atoms with Gasteiger partial charge in [-0.25, -0.2) is 14.5 Å². The summed E-state index contributed by atoms with van der Waals surface area (Å²) >= 11 is 1.01. The fraction of sp³-hybridized carbons (Fsp3) is 0.350. The van der Waals surface area contributed by atoms with Crippen LogP contribution in [0.25, 0.3) is 11.0 Å². The number of amides is 1. The summed E-state index contributed by atoms with van der Waals surface area (Å²) in [7, 11) is 1.76. The first kappa shape index (κ1) is 21.3. The molecule has 0 atom stereocenters. The van der Waals surface area contributed by atoms with Gasteiger partial charge in [-0.3, -0.25) is 4.79 Å². The van der Waals surface area contributed by atoms with E-state index in [9.17, 15) is 14.9 Å². The number of esters is 1. The Bertz CT molecular complexity index is 1190. The van der Waals surface area contributed by atoms with Gasteiger partial charge in [-0.05, 0) is 44.9 Å². The Morgan fingerprint density at radius 1 is 1.33 bits per heavy atom. The maximum Gasteiger partial charge on any atom is 0.348 e. The number of carbonyl (C=O) groups is 2. The third-order valence-electron chi connectivity index (χ3n) is 4.40. The van der Waals surface area contributed by atoms with Crippen LogP contribution in [0.4, 0.5) is 5.00 Å². The smallest absolute Gasteiger partial charge is 0.348 e. The molecule has 0 aromatic carbocycles. The van der Waals surface area contributed by atoms with Crippen molar-refractivity contribution < 1.29 is 19.1 Å². The number of nitrogens with one attached hydrogen (secondary N) is 1. The molecule has 0 bridgehead atoms. The van der Waals surface area contributed by atoms with E-state index in [2.05, 4.69) is 15.4 Å². The Morgan fingerprint density at radius 2 is 2.07 bits per heavy atom. The zero-order chi connectivity index (χ0) is 22.0. The third kappa shape index (κ3) is 3.97. The maximum atomic E-state index is 12.4. The molecule has 0 aliphatic heterocycles. The van der Waals surface area contributed by atoms with Gasteiger partial charge in [-0.2, -0.15) is 5.26 Å². The van der Waals surface area contributed by atoms with E-state index in [4.69, 9.17) is 9.47 Å². The molecule has 0 aliphatic rings. The van der Waals surface area contributed by atoms with Crippen molar-refractivity contribution in [3.05, 3.63) is 33.3 Å². The third-order valence-corrected chi connectivity index (χ3v) is 5.59. The first-order valence-electron chi connectivity index (χ1n) is 9.21. The van der Waals surface area contributed by atoms with Crippen molar-refractivity contribution in [3.63, 3.8) is 0 Å². The van der Waals surface area contributed by atoms with Crippen LogP contribution in [0.15, 0.2) is 6.07 Å². The van der Waals surface area contributed by atoms with E-state index in [1.54, 1.807) is 25.6 Å². The molecule has 1 amide bonds. The van der Waals surface area contributed by atoms with Crippen LogP contribution in [-0.2, 0) is 16.6 Å². The highest BCUT2D eigenvalue weighted by molar-refractivity contribution is 7.18. The van der Waals surface area contributed by atoms with Crippen LogP contribution >= 0.6 is 11.3 Å². The number of aromatic nitrogens is 3. The molecule has 1 N–H and O–H groups in total. The topological polar surface area (TPSA) is 119 Å². The second-order valence-corrected chi connectivity index (χ2v) is 7.66. The van der Waals surface area contributed by atoms with Gasteiger partial charge in [0.05, 0.1) is 17.6 Å². The molecule has 30 heavy (non-hydrogen) atoms. The number of nitrogens with zero attached hydrogens (tertiary/aromatic N) is 4. The van der Waals surface area contributed by atoms with E-state index in [-0.39, 0.29) is 28.7 Å². The number of hydrogen-bond acceptors (Lipinski definition) is 8. The van der Waals surface area contributed by atoms with Crippen LogP contribution in [0.5, 0.6) is 5.88 Å². The highest BCUT2D eigenvalue weighted by atomic mass is 32.1. The molecule has 0 radical (unpaired) electrons. The summed E-state index contributed by atoms with van der Waals surface area (Å²) in [5.41, 5.74) is 3.19. The van der Waals surface area contributed by atoms with E-state index >= 15 is 0 Å². The fourth-order valence-corrected chi connectivity index (χ4v) is 4.14. The van der Waals surface area contributed by atoms with Crippen molar-refractivity contribution in [2.75, 3.05) is 18.5 Å². The van der Waals surface area contributed by atoms with Crippen LogP contribution in [0.1, 0.15) is 39.0 Å². The summed E-state index contributed by atoms with van der Waals surface area (Å²) in [6.07, 6.45) is 0. The molecule has 9 nitrogen and oxygen atoms in total. The Labute approximate surface area is 177 Å². The average molecular weight is 427 g/mol. The number of aryl methyl sites for hydroxylation is 3. The molecule has 0 saturated carbocycles. The van der Waals surface area contributed by atoms with E-state index in [1.165, 1.54) is 0 Å². The summed E-state index contributed by atoms with van der Waals surface area (Å²) in [5, 5.41) is 17.4. The number of pyridine rings is 1. The van der Waals surface area contributed by atoms with Crippen molar-refractivity contribution in [2.45, 2.75) is 27.7 Å². The van der Waals surface area contributed by atoms with Gasteiger partial charge >= 0.3 is 5.97 Å². The Hall–Kier alpha value is -3.45. The van der Waals surface area contributed by atoms with Gasteiger partial charge < -0.3 is 14.8 Å². The standard InChI is InChI=1S/C20H21N5O4S/c1-6-28-20(27)16-12(4)13(8-21)19(30-16)23-14(26)9-29-18-15-10(2)7-11(3)22-17(15)25(5)24-18/h7H,6,9H2,1-5H3,(H,23,26). The first-order chi connectivity index (χ1) is 14.3. The van der Waals surface area contributed by atoms with Crippen molar-refractivity contribution in [1.29, 1.82) is 5.26 Å². The molecule has 3 heterocycles. The van der Waals surface area contributed by atoms with Crippen molar-refractivity contribution >= 4 is 39.2 Å². The first-order valence-corrected chi connectivity index (χ1v) is 10.0. The number of rotatable bonds is 6. The quantitative estimate of drug-likeness (QED) is 0.601. The molecular formula is C20H21N5O4S. The lowest BCUT2D eigenvalue weighted by Crippen LogP contribution is -2.20. The van der Waals surface area contributed by atoms with Gasteiger partial charge in [0.2, 0.25) is 5.88 Å². The van der Waals surface area contributed by atoms with E-state index < -0.39 is 11.9 Å². The largest absolute Gasteiger partial charge is 0.466 e. The lowest BCUT2D eigenvalue weighted by molar-refractivity contribution is -0.118. The van der Waals surface area contributed by atoms with Gasteiger partial charge in [0, 0.05) is 12.7 Å². The molecule has 0 saturated heterocycles. The molecule has 0 unspecified atom stereocenters. The van der Waals surface area contributed by atoms with Crippen LogP contribution in [0.2, 0.25) is 0 Å². The van der Waals surface area contributed by atoms with Crippen molar-refractivity contribution in [1.82, 2.24) is 14.8 Å². The van der Waals surface area contributed by atoms with Gasteiger partial charge in [0.1, 0.15) is 15.9 Å². The minimum atomic E-state index is -0.522. The predicted octanol–water partition coefficient (Wildman–Crippen LogP) is 3.02. The lowest BCUT2D eigenvalue weighted by atomic mass is 10.2. The molecule has 156 valence electrons. The minimum absolute atomic E-state index is 0.222. The van der Waals surface area contributed by atoms with Gasteiger partial charge in [-0.1, -0.05) is 0 Å². The Morgan fingerprint density at radius 3 is 2.73 bits per heavy atom. The summed E-state index contributed by atoms with van der Waals surface area (Å²) in [4.78, 5) is 29.2. The molecule has 0 spiro atoms. The highest BCUT2D eigenvalue weighted by Crippen LogP contribution is 2.33. The summed E-state index contributed by atoms with van der Waals surface area (Å²) in [6, 6.07) is 3.94. The molecule has 3 aromatic rings. The predicted molar refractivity (Wildman–Crippen MR) is 112 cm³/mol. The monoisotopic (exact) mass is 427 g/mol. The fourth-order valence-electron chi connectivity index (χ4n) is 3.07. The maximum absolute atomic E-state index is 12.4. The van der Waals surface area contributed by atoms with Crippen LogP contribution in [0, 0.1) is 32.1 Å². The van der Waals surface area contributed by atoms with Crippen molar-refractivity contribution in [3.8, 4) is 11.9 Å². The van der Waals surface area contributed by atoms with E-state index in [0.717, 1.165) is 28.0 Å². The number of thiophene rings is 1. The average Bonchev–Trinajstić information content (AvgIpc) is 3.17. The second-order valence-electron chi connectivity index (χ2n) is 6.64. The zero-order valence-corrected chi connectivity index (χ0v) is 18.1. The van der Waals surface area contributed by atoms with Gasteiger partial charge in [0.15, 0.2) is 12.3 Å². The molecule has 3 rings (SSSR count). The SMILES string of the molecule is CCOC(=O)c1sc(NC(=O)COc2nn(C)c3nc(C)cc(C)c23)c(C#N)c1C. The highest BCUT2D eigenvalue weighted by Gasteiger charge is 2.23. The zero-order valence-electron chi connectivity index (χ0n) is 17.3. The molecule has 10 heteroatoms. The van der Waals surface area contributed by atoms with Gasteiger partial charge in [-0.15, -0.1) is 16.4 Å². The second kappa shape index (κ2) is 8.51. The normalized spacial score (nSPS) is 10.7. The molecule has 0 aliphatic carbocycles. The Kier molecular flexibility index (Phi) is 6.03. The lowest BCUT2D eigenvalue weighted by Gasteiger charge is -2.05. The number of hydrogen-bond donors (Lipinski definition) is 1. The molecule has 3 aromatic heterocycles. The summed E-state index contributed by atoms with van der Waals surface area (Å²) < 4.78 is 12.2. The van der Waals surface area contributed by atoms with E-state index in [1.807, 2.05) is 26.0 Å². The summed E-state index contributed by atoms with van der Waals surface area (Å²) in [6.45, 7) is 7.08. The number of nitriles is 1. The van der Waals surface area contributed by atoms with Gasteiger partial charge in [0.25, 0.3) is 5.91 Å². The number of carbonyl (C=O) groups excluding carboxylic acids is 2. The van der Waals surface area contributed by atoms with Crippen LogP contribution in [0.3, 0.4) is 0 Å². The Balaban J connectivity index is 1.78. The van der Waals surface area contributed by atoms with E-state index in [0.29, 0.717) is 17.1 Å². The number of fused-ring (bicyclic) bond motifs is 1. The number of anilines is 1. The summed E-state index contributed by atoms with van der Waals surface area (Å²) in [5.74, 6) is -0.686. The molecular weight excluding hydrogens is 406 g/mol. The van der Waals surface area contributed by atoms with Crippen LogP contribution in [-0.4, -0.2) is 39.9 Å². The molecule has 0 fully saturated rings.